The number of hydrogen-bond acceptors (Lipinski definition) is 3. The minimum atomic E-state index is -0.790. The molecule has 4 nitrogen and oxygen atoms in total. The van der Waals surface area contributed by atoms with E-state index in [9.17, 15) is 14.3 Å². The van der Waals surface area contributed by atoms with Gasteiger partial charge < -0.3 is 15.3 Å². The van der Waals surface area contributed by atoms with E-state index in [4.69, 9.17) is 0 Å². The Bertz CT molecular complexity index is 447. The van der Waals surface area contributed by atoms with Crippen LogP contribution in [0.5, 0.6) is 0 Å². The first-order chi connectivity index (χ1) is 8.36. The summed E-state index contributed by atoms with van der Waals surface area (Å²) in [4.78, 5) is 13.0. The molecule has 0 saturated carbocycles. The molecule has 1 unspecified atom stereocenters. The Morgan fingerprint density at radius 3 is 2.67 bits per heavy atom. The highest BCUT2D eigenvalue weighted by Crippen LogP contribution is 2.28. The van der Waals surface area contributed by atoms with Crippen LogP contribution in [0.15, 0.2) is 12.1 Å². The number of aliphatic hydroxyl groups is 1. The average molecular weight is 254 g/mol. The number of aliphatic hydroxyl groups excluding tert-OH is 1. The number of aryl methyl sites for hydroxylation is 1. The maximum atomic E-state index is 13.5. The molecule has 1 atom stereocenters. The van der Waals surface area contributed by atoms with Crippen LogP contribution >= 0.6 is 0 Å². The lowest BCUT2D eigenvalue weighted by molar-refractivity contribution is -0.119. The number of halogens is 1. The molecule has 0 aromatic heterocycles. The van der Waals surface area contributed by atoms with Gasteiger partial charge in [0.05, 0.1) is 12.6 Å². The molecule has 5 heteroatoms. The Morgan fingerprint density at radius 2 is 2.17 bits per heavy atom. The Kier molecular flexibility index (Phi) is 4.67. The van der Waals surface area contributed by atoms with Crippen molar-refractivity contribution in [2.24, 2.45) is 0 Å². The SMILES string of the molecule is CNC(=O)CN(C)c1cc(C)c(F)cc1C(C)O. The van der Waals surface area contributed by atoms with Crippen molar-refractivity contribution in [2.75, 3.05) is 25.5 Å². The molecule has 0 heterocycles. The van der Waals surface area contributed by atoms with Gasteiger partial charge in [0.2, 0.25) is 5.91 Å². The smallest absolute Gasteiger partial charge is 0.239 e. The first kappa shape index (κ1) is 14.4. The van der Waals surface area contributed by atoms with Crippen LogP contribution in [0.2, 0.25) is 0 Å². The number of likely N-dealkylation sites (N-methyl/N-ethyl adjacent to an activating group) is 2. The number of nitrogens with zero attached hydrogens (tertiary/aromatic N) is 1. The maximum Gasteiger partial charge on any atom is 0.239 e. The van der Waals surface area contributed by atoms with Crippen LogP contribution in [0.4, 0.5) is 10.1 Å². The van der Waals surface area contributed by atoms with Crippen molar-refractivity contribution in [3.8, 4) is 0 Å². The van der Waals surface area contributed by atoms with Crippen LogP contribution in [0.1, 0.15) is 24.2 Å². The third-order valence-electron chi connectivity index (χ3n) is 2.83. The van der Waals surface area contributed by atoms with Gasteiger partial charge in [-0.3, -0.25) is 4.79 Å². The molecule has 1 aromatic rings. The molecule has 2 N–H and O–H groups in total. The molecular weight excluding hydrogens is 235 g/mol. The second-order valence-corrected chi connectivity index (χ2v) is 4.37. The third kappa shape index (κ3) is 3.20. The highest BCUT2D eigenvalue weighted by Gasteiger charge is 2.16. The summed E-state index contributed by atoms with van der Waals surface area (Å²) < 4.78 is 13.5. The first-order valence-electron chi connectivity index (χ1n) is 5.76. The Labute approximate surface area is 106 Å². The summed E-state index contributed by atoms with van der Waals surface area (Å²) >= 11 is 0. The monoisotopic (exact) mass is 254 g/mol. The summed E-state index contributed by atoms with van der Waals surface area (Å²) in [6.45, 7) is 3.38. The predicted octanol–water partition coefficient (Wildman–Crippen LogP) is 1.37. The minimum Gasteiger partial charge on any atom is -0.389 e. The minimum absolute atomic E-state index is 0.143. The van der Waals surface area contributed by atoms with E-state index < -0.39 is 6.10 Å². The number of hydrogen-bond donors (Lipinski definition) is 2. The van der Waals surface area contributed by atoms with Gasteiger partial charge in [0.25, 0.3) is 0 Å². The number of rotatable bonds is 4. The molecule has 1 aromatic carbocycles. The summed E-state index contributed by atoms with van der Waals surface area (Å²) in [6, 6.07) is 2.95. The van der Waals surface area contributed by atoms with Crippen molar-refractivity contribution in [1.82, 2.24) is 5.32 Å². The number of carbonyl (C=O) groups excluding carboxylic acids is 1. The lowest BCUT2D eigenvalue weighted by atomic mass is 10.0. The van der Waals surface area contributed by atoms with E-state index in [1.165, 1.54) is 6.07 Å². The van der Waals surface area contributed by atoms with Gasteiger partial charge in [0.1, 0.15) is 5.82 Å². The molecular formula is C13H19FN2O2. The summed E-state index contributed by atoms with van der Waals surface area (Å²) in [5, 5.41) is 12.2. The lowest BCUT2D eigenvalue weighted by Gasteiger charge is -2.23. The van der Waals surface area contributed by atoms with Crippen molar-refractivity contribution in [1.29, 1.82) is 0 Å². The first-order valence-corrected chi connectivity index (χ1v) is 5.76. The molecule has 100 valence electrons. The Hall–Kier alpha value is -1.62. The fourth-order valence-electron chi connectivity index (χ4n) is 1.73. The van der Waals surface area contributed by atoms with Crippen molar-refractivity contribution in [3.63, 3.8) is 0 Å². The molecule has 0 bridgehead atoms. The van der Waals surface area contributed by atoms with E-state index in [1.807, 2.05) is 0 Å². The zero-order chi connectivity index (χ0) is 13.9. The fraction of sp³-hybridized carbons (Fsp3) is 0.462. The molecule has 0 aliphatic carbocycles. The molecule has 18 heavy (non-hydrogen) atoms. The molecule has 0 spiro atoms. The molecule has 0 radical (unpaired) electrons. The Balaban J connectivity index is 3.13. The van der Waals surface area contributed by atoms with Crippen LogP contribution in [0, 0.1) is 12.7 Å². The van der Waals surface area contributed by atoms with E-state index in [2.05, 4.69) is 5.32 Å². The van der Waals surface area contributed by atoms with Gasteiger partial charge in [-0.25, -0.2) is 4.39 Å². The fourth-order valence-corrected chi connectivity index (χ4v) is 1.73. The largest absolute Gasteiger partial charge is 0.389 e. The van der Waals surface area contributed by atoms with Crippen LogP contribution < -0.4 is 10.2 Å². The molecule has 1 amide bonds. The molecule has 0 saturated heterocycles. The quantitative estimate of drug-likeness (QED) is 0.853. The lowest BCUT2D eigenvalue weighted by Crippen LogP contribution is -2.33. The second-order valence-electron chi connectivity index (χ2n) is 4.37. The average Bonchev–Trinajstić information content (AvgIpc) is 2.31. The number of benzene rings is 1. The van der Waals surface area contributed by atoms with Crippen molar-refractivity contribution in [3.05, 3.63) is 29.1 Å². The standard InChI is InChI=1S/C13H19FN2O2/c1-8-5-12(16(4)7-13(18)15-3)10(9(2)17)6-11(8)14/h5-6,9,17H,7H2,1-4H3,(H,15,18). The van der Waals surface area contributed by atoms with E-state index in [1.54, 1.807) is 38.9 Å². The van der Waals surface area contributed by atoms with Gasteiger partial charge in [-0.05, 0) is 31.5 Å². The van der Waals surface area contributed by atoms with Crippen LogP contribution in [0.25, 0.3) is 0 Å². The molecule has 0 fully saturated rings. The van der Waals surface area contributed by atoms with Gasteiger partial charge in [0, 0.05) is 25.3 Å². The van der Waals surface area contributed by atoms with E-state index in [0.717, 1.165) is 0 Å². The molecule has 0 aliphatic heterocycles. The third-order valence-corrected chi connectivity index (χ3v) is 2.83. The summed E-state index contributed by atoms with van der Waals surface area (Å²) in [5.74, 6) is -0.501. The summed E-state index contributed by atoms with van der Waals surface area (Å²) in [6.07, 6.45) is -0.790. The highest BCUT2D eigenvalue weighted by molar-refractivity contribution is 5.81. The van der Waals surface area contributed by atoms with Gasteiger partial charge >= 0.3 is 0 Å². The van der Waals surface area contributed by atoms with Gasteiger partial charge in [-0.1, -0.05) is 0 Å². The van der Waals surface area contributed by atoms with Crippen LogP contribution in [0.3, 0.4) is 0 Å². The molecule has 0 aliphatic rings. The zero-order valence-corrected chi connectivity index (χ0v) is 11.1. The van der Waals surface area contributed by atoms with Gasteiger partial charge in [-0.15, -0.1) is 0 Å². The predicted molar refractivity (Wildman–Crippen MR) is 69.1 cm³/mol. The second kappa shape index (κ2) is 5.82. The topological polar surface area (TPSA) is 52.6 Å². The number of amides is 1. The number of nitrogens with one attached hydrogen (secondary N) is 1. The summed E-state index contributed by atoms with van der Waals surface area (Å²) in [5.41, 5.74) is 1.62. The highest BCUT2D eigenvalue weighted by atomic mass is 19.1. The Morgan fingerprint density at radius 1 is 1.56 bits per heavy atom. The van der Waals surface area contributed by atoms with E-state index in [-0.39, 0.29) is 18.3 Å². The zero-order valence-electron chi connectivity index (χ0n) is 11.1. The number of carbonyl (C=O) groups is 1. The van der Waals surface area contributed by atoms with Gasteiger partial charge in [0.15, 0.2) is 0 Å². The van der Waals surface area contributed by atoms with Crippen molar-refractivity contribution < 1.29 is 14.3 Å². The summed E-state index contributed by atoms with van der Waals surface area (Å²) in [7, 11) is 3.29. The van der Waals surface area contributed by atoms with Crippen molar-refractivity contribution in [2.45, 2.75) is 20.0 Å². The van der Waals surface area contributed by atoms with E-state index >= 15 is 0 Å². The van der Waals surface area contributed by atoms with Crippen molar-refractivity contribution >= 4 is 11.6 Å². The normalized spacial score (nSPS) is 12.1. The number of anilines is 1. The van der Waals surface area contributed by atoms with Crippen LogP contribution in [-0.2, 0) is 4.79 Å². The van der Waals surface area contributed by atoms with E-state index in [0.29, 0.717) is 16.8 Å². The van der Waals surface area contributed by atoms with Crippen LogP contribution in [-0.4, -0.2) is 31.7 Å². The van der Waals surface area contributed by atoms with Gasteiger partial charge in [-0.2, -0.15) is 0 Å². The maximum absolute atomic E-state index is 13.5. The molecule has 1 rings (SSSR count).